The summed E-state index contributed by atoms with van der Waals surface area (Å²) in [5, 5.41) is 27.9. The van der Waals surface area contributed by atoms with Crippen LogP contribution < -0.4 is 10.8 Å². The van der Waals surface area contributed by atoms with Crippen molar-refractivity contribution in [3.05, 3.63) is 83.5 Å². The molecule has 8 heteroatoms. The average molecular weight is 529 g/mol. The van der Waals surface area contributed by atoms with E-state index in [0.717, 1.165) is 21.0 Å². The molecule has 198 valence electrons. The summed E-state index contributed by atoms with van der Waals surface area (Å²) < 4.78 is 1.57. The van der Waals surface area contributed by atoms with Gasteiger partial charge >= 0.3 is 0 Å². The van der Waals surface area contributed by atoms with Gasteiger partial charge in [0.25, 0.3) is 5.91 Å². The van der Waals surface area contributed by atoms with Crippen LogP contribution in [0.4, 0.5) is 5.69 Å². The van der Waals surface area contributed by atoms with Gasteiger partial charge in [0.1, 0.15) is 17.2 Å². The van der Waals surface area contributed by atoms with Crippen LogP contribution in [0.5, 0.6) is 0 Å². The highest BCUT2D eigenvalue weighted by molar-refractivity contribution is 7.99. The zero-order valence-corrected chi connectivity index (χ0v) is 23.7. The summed E-state index contributed by atoms with van der Waals surface area (Å²) in [6, 6.07) is 18.5. The molecule has 0 saturated carbocycles. The third-order valence-corrected chi connectivity index (χ3v) is 6.83. The van der Waals surface area contributed by atoms with Gasteiger partial charge in [-0.05, 0) is 54.8 Å². The molecule has 0 aliphatic rings. The molecule has 0 aliphatic carbocycles. The number of aliphatic imine (C=N–C) groups is 1. The van der Waals surface area contributed by atoms with E-state index in [1.165, 1.54) is 11.8 Å². The fraction of sp³-hybridized carbons (Fsp3) is 0.300. The van der Waals surface area contributed by atoms with E-state index in [1.807, 2.05) is 90.1 Å². The minimum absolute atomic E-state index is 0.00749. The van der Waals surface area contributed by atoms with Crippen molar-refractivity contribution in [2.75, 3.05) is 0 Å². The SMILES string of the molecule is Cc1ccc(N=C(CC(=N)C(C)(C)C)NC(=O)c2cccc(Sc3ccc(=N)n(C(=N)C(C)C)c3)c2)cc1. The van der Waals surface area contributed by atoms with Crippen LogP contribution in [0.15, 0.2) is 81.6 Å². The summed E-state index contributed by atoms with van der Waals surface area (Å²) in [7, 11) is 0. The van der Waals surface area contributed by atoms with E-state index in [9.17, 15) is 4.79 Å². The molecule has 1 amide bonds. The molecule has 4 N–H and O–H groups in total. The number of carbonyl (C=O) groups is 1. The van der Waals surface area contributed by atoms with Gasteiger partial charge in [0.2, 0.25) is 0 Å². The first-order valence-electron chi connectivity index (χ1n) is 12.5. The second-order valence-corrected chi connectivity index (χ2v) is 11.7. The van der Waals surface area contributed by atoms with E-state index in [-0.39, 0.29) is 29.1 Å². The molecular weight excluding hydrogens is 492 g/mol. The van der Waals surface area contributed by atoms with E-state index in [1.54, 1.807) is 22.9 Å². The second kappa shape index (κ2) is 12.2. The minimum atomic E-state index is -0.341. The van der Waals surface area contributed by atoms with Gasteiger partial charge in [0.15, 0.2) is 0 Å². The van der Waals surface area contributed by atoms with Gasteiger partial charge in [-0.3, -0.25) is 20.2 Å². The van der Waals surface area contributed by atoms with Crippen LogP contribution in [0.3, 0.4) is 0 Å². The van der Waals surface area contributed by atoms with Gasteiger partial charge in [0, 0.05) is 39.6 Å². The number of nitrogens with zero attached hydrogens (tertiary/aromatic N) is 2. The Labute approximate surface area is 229 Å². The third kappa shape index (κ3) is 7.86. The smallest absolute Gasteiger partial charge is 0.256 e. The number of hydrogen-bond acceptors (Lipinski definition) is 6. The molecule has 0 bridgehead atoms. The number of carbonyl (C=O) groups excluding carboxylic acids is 1. The predicted molar refractivity (Wildman–Crippen MR) is 156 cm³/mol. The quantitative estimate of drug-likeness (QED) is 0.199. The lowest BCUT2D eigenvalue weighted by Gasteiger charge is -2.21. The molecule has 0 atom stereocenters. The Kier molecular flexibility index (Phi) is 9.22. The van der Waals surface area contributed by atoms with E-state index in [0.29, 0.717) is 22.9 Å². The third-order valence-electron chi connectivity index (χ3n) is 5.87. The van der Waals surface area contributed by atoms with Gasteiger partial charge in [-0.1, -0.05) is 70.1 Å². The standard InChI is InChI=1S/C30H36N6OS/c1-19(2)28(33)36-18-24(14-15-26(36)32)38-23-9-7-8-21(16-23)29(37)35-27(17-25(31)30(4,5)6)34-22-12-10-20(3)11-13-22/h7-16,18-19,31-33H,17H2,1-6H3,(H,34,35,37). The molecular formula is C30H36N6OS. The molecule has 1 heterocycles. The fourth-order valence-corrected chi connectivity index (χ4v) is 4.28. The largest absolute Gasteiger partial charge is 0.310 e. The van der Waals surface area contributed by atoms with Crippen LogP contribution in [-0.4, -0.2) is 27.9 Å². The summed E-state index contributed by atoms with van der Waals surface area (Å²) in [4.78, 5) is 19.6. The Morgan fingerprint density at radius 2 is 1.71 bits per heavy atom. The molecule has 0 saturated heterocycles. The van der Waals surface area contributed by atoms with Gasteiger partial charge in [-0.25, -0.2) is 4.99 Å². The zero-order chi connectivity index (χ0) is 28.0. The van der Waals surface area contributed by atoms with Crippen molar-refractivity contribution >= 4 is 40.7 Å². The zero-order valence-electron chi connectivity index (χ0n) is 22.8. The Balaban J connectivity index is 1.84. The number of amidine groups is 1. The number of pyridine rings is 1. The summed E-state index contributed by atoms with van der Waals surface area (Å²) in [6.07, 6.45) is 2.02. The molecule has 0 radical (unpaired) electrons. The lowest BCUT2D eigenvalue weighted by atomic mass is 9.88. The van der Waals surface area contributed by atoms with Gasteiger partial charge in [-0.2, -0.15) is 0 Å². The highest BCUT2D eigenvalue weighted by Crippen LogP contribution is 2.28. The first kappa shape index (κ1) is 28.8. The number of nitrogens with one attached hydrogen (secondary N) is 4. The number of amides is 1. The molecule has 3 rings (SSSR count). The van der Waals surface area contributed by atoms with Crippen LogP contribution in [0.25, 0.3) is 0 Å². The van der Waals surface area contributed by atoms with Crippen molar-refractivity contribution in [2.24, 2.45) is 16.3 Å². The van der Waals surface area contributed by atoms with Crippen LogP contribution in [0.1, 0.15) is 57.0 Å². The number of benzene rings is 2. The van der Waals surface area contributed by atoms with Crippen molar-refractivity contribution in [3.8, 4) is 0 Å². The molecule has 0 fully saturated rings. The minimum Gasteiger partial charge on any atom is -0.310 e. The maximum atomic E-state index is 13.3. The van der Waals surface area contributed by atoms with E-state index < -0.39 is 0 Å². The Morgan fingerprint density at radius 3 is 2.34 bits per heavy atom. The van der Waals surface area contributed by atoms with Crippen LogP contribution in [0.2, 0.25) is 0 Å². The molecule has 3 aromatic rings. The summed E-state index contributed by atoms with van der Waals surface area (Å²) in [5.41, 5.74) is 2.71. The predicted octanol–water partition coefficient (Wildman–Crippen LogP) is 6.82. The van der Waals surface area contributed by atoms with Gasteiger partial charge in [0.05, 0.1) is 5.69 Å². The Morgan fingerprint density at radius 1 is 1.03 bits per heavy atom. The summed E-state index contributed by atoms with van der Waals surface area (Å²) in [6.45, 7) is 11.8. The number of rotatable bonds is 7. The van der Waals surface area contributed by atoms with Crippen molar-refractivity contribution in [2.45, 2.75) is 57.8 Å². The summed E-state index contributed by atoms with van der Waals surface area (Å²) in [5.74, 6) is 0.480. The number of hydrogen-bond donors (Lipinski definition) is 4. The lowest BCUT2D eigenvalue weighted by molar-refractivity contribution is 0.0976. The van der Waals surface area contributed by atoms with E-state index in [4.69, 9.17) is 16.2 Å². The summed E-state index contributed by atoms with van der Waals surface area (Å²) >= 11 is 1.46. The molecule has 0 aliphatic heterocycles. The van der Waals surface area contributed by atoms with Crippen LogP contribution in [-0.2, 0) is 0 Å². The monoisotopic (exact) mass is 528 g/mol. The molecule has 0 unspecified atom stereocenters. The second-order valence-electron chi connectivity index (χ2n) is 10.5. The van der Waals surface area contributed by atoms with Crippen LogP contribution >= 0.6 is 11.8 Å². The first-order chi connectivity index (χ1) is 17.8. The molecule has 0 spiro atoms. The van der Waals surface area contributed by atoms with E-state index in [2.05, 4.69) is 10.3 Å². The van der Waals surface area contributed by atoms with E-state index >= 15 is 0 Å². The van der Waals surface area contributed by atoms with Crippen molar-refractivity contribution in [1.82, 2.24) is 9.88 Å². The Bertz CT molecular complexity index is 1430. The number of aryl methyl sites for hydroxylation is 1. The lowest BCUT2D eigenvalue weighted by Crippen LogP contribution is -2.34. The topological polar surface area (TPSA) is 118 Å². The van der Waals surface area contributed by atoms with Crippen molar-refractivity contribution in [1.29, 1.82) is 16.2 Å². The average Bonchev–Trinajstić information content (AvgIpc) is 2.85. The molecule has 38 heavy (non-hydrogen) atoms. The highest BCUT2D eigenvalue weighted by atomic mass is 32.2. The van der Waals surface area contributed by atoms with Crippen molar-refractivity contribution in [3.63, 3.8) is 0 Å². The highest BCUT2D eigenvalue weighted by Gasteiger charge is 2.20. The maximum absolute atomic E-state index is 13.3. The number of aromatic nitrogens is 1. The maximum Gasteiger partial charge on any atom is 0.256 e. The molecule has 2 aromatic carbocycles. The first-order valence-corrected chi connectivity index (χ1v) is 13.3. The Hall–Kier alpha value is -3.78. The molecule has 1 aromatic heterocycles. The van der Waals surface area contributed by atoms with Gasteiger partial charge < -0.3 is 10.7 Å². The normalized spacial score (nSPS) is 11.9. The fourth-order valence-electron chi connectivity index (χ4n) is 3.38. The van der Waals surface area contributed by atoms with Gasteiger partial charge in [-0.15, -0.1) is 0 Å². The van der Waals surface area contributed by atoms with Crippen LogP contribution in [0, 0.1) is 34.5 Å². The van der Waals surface area contributed by atoms with Crippen molar-refractivity contribution < 1.29 is 4.79 Å². The molecule has 7 nitrogen and oxygen atoms in total.